The summed E-state index contributed by atoms with van der Waals surface area (Å²) in [7, 11) is 1.64. The predicted molar refractivity (Wildman–Crippen MR) is 105 cm³/mol. The van der Waals surface area contributed by atoms with Gasteiger partial charge in [0.1, 0.15) is 17.4 Å². The van der Waals surface area contributed by atoms with Crippen LogP contribution in [0.4, 0.5) is 14.5 Å². The van der Waals surface area contributed by atoms with Crippen molar-refractivity contribution in [3.05, 3.63) is 59.7 Å². The van der Waals surface area contributed by atoms with Gasteiger partial charge in [0, 0.05) is 49.5 Å². The number of halogens is 2. The maximum absolute atomic E-state index is 13.8. The second-order valence-corrected chi connectivity index (χ2v) is 6.83. The van der Waals surface area contributed by atoms with Crippen molar-refractivity contribution in [3.63, 3.8) is 0 Å². The van der Waals surface area contributed by atoms with E-state index in [-0.39, 0.29) is 18.5 Å². The highest BCUT2D eigenvalue weighted by atomic mass is 19.1. The SMILES string of the molecule is COc1ccc(N2CCN(C(=O)CN[C@@H](C)c3ccc(F)cc3F)CC2)cc1. The van der Waals surface area contributed by atoms with E-state index in [1.807, 2.05) is 24.3 Å². The Bertz CT molecular complexity index is 806. The van der Waals surface area contributed by atoms with Gasteiger partial charge < -0.3 is 19.9 Å². The molecule has 0 bridgehead atoms. The average molecular weight is 389 g/mol. The third-order valence-electron chi connectivity index (χ3n) is 5.06. The van der Waals surface area contributed by atoms with Crippen molar-refractivity contribution in [2.45, 2.75) is 13.0 Å². The highest BCUT2D eigenvalue weighted by Gasteiger charge is 2.22. The van der Waals surface area contributed by atoms with Crippen LogP contribution in [0.25, 0.3) is 0 Å². The molecule has 28 heavy (non-hydrogen) atoms. The fourth-order valence-corrected chi connectivity index (χ4v) is 3.32. The number of nitrogens with zero attached hydrogens (tertiary/aromatic N) is 2. The van der Waals surface area contributed by atoms with Crippen LogP contribution in [0, 0.1) is 11.6 Å². The van der Waals surface area contributed by atoms with Crippen molar-refractivity contribution >= 4 is 11.6 Å². The van der Waals surface area contributed by atoms with Gasteiger partial charge in [-0.1, -0.05) is 6.07 Å². The molecule has 0 spiro atoms. The number of anilines is 1. The monoisotopic (exact) mass is 389 g/mol. The molecule has 1 N–H and O–H groups in total. The number of methoxy groups -OCH3 is 1. The molecule has 1 aliphatic heterocycles. The van der Waals surface area contributed by atoms with Gasteiger partial charge in [0.25, 0.3) is 0 Å². The summed E-state index contributed by atoms with van der Waals surface area (Å²) in [5.74, 6) is -0.432. The van der Waals surface area contributed by atoms with Crippen LogP contribution in [-0.4, -0.2) is 50.6 Å². The summed E-state index contributed by atoms with van der Waals surface area (Å²) < 4.78 is 32.0. The second kappa shape index (κ2) is 9.01. The lowest BCUT2D eigenvalue weighted by Gasteiger charge is -2.36. The summed E-state index contributed by atoms with van der Waals surface area (Å²) in [5, 5.41) is 3.03. The molecule has 1 amide bonds. The number of benzene rings is 2. The van der Waals surface area contributed by atoms with E-state index in [4.69, 9.17) is 4.74 Å². The highest BCUT2D eigenvalue weighted by Crippen LogP contribution is 2.21. The predicted octanol–water partition coefficient (Wildman–Crippen LogP) is 2.97. The van der Waals surface area contributed by atoms with Crippen molar-refractivity contribution in [2.75, 3.05) is 44.7 Å². The molecule has 0 saturated carbocycles. The average Bonchev–Trinajstić information content (AvgIpc) is 2.72. The normalized spacial score (nSPS) is 15.4. The molecule has 1 heterocycles. The number of amides is 1. The van der Waals surface area contributed by atoms with Gasteiger partial charge in [-0.2, -0.15) is 0 Å². The zero-order valence-electron chi connectivity index (χ0n) is 16.1. The molecule has 0 unspecified atom stereocenters. The zero-order valence-corrected chi connectivity index (χ0v) is 16.1. The van der Waals surface area contributed by atoms with Crippen LogP contribution in [-0.2, 0) is 4.79 Å². The summed E-state index contributed by atoms with van der Waals surface area (Å²) in [6.45, 7) is 4.63. The molecule has 150 valence electrons. The number of hydrogen-bond acceptors (Lipinski definition) is 4. The Hall–Kier alpha value is -2.67. The molecule has 0 aliphatic carbocycles. The number of carbonyl (C=O) groups excluding carboxylic acids is 1. The minimum atomic E-state index is -0.612. The first-order chi connectivity index (χ1) is 13.5. The third kappa shape index (κ3) is 4.78. The van der Waals surface area contributed by atoms with E-state index in [9.17, 15) is 13.6 Å². The van der Waals surface area contributed by atoms with E-state index < -0.39 is 11.6 Å². The molecule has 0 radical (unpaired) electrons. The van der Waals surface area contributed by atoms with Crippen molar-refractivity contribution < 1.29 is 18.3 Å². The van der Waals surface area contributed by atoms with E-state index in [2.05, 4.69) is 10.2 Å². The van der Waals surface area contributed by atoms with Crippen LogP contribution in [0.5, 0.6) is 5.75 Å². The van der Waals surface area contributed by atoms with Crippen molar-refractivity contribution in [1.82, 2.24) is 10.2 Å². The number of hydrogen-bond donors (Lipinski definition) is 1. The molecule has 2 aromatic rings. The summed E-state index contributed by atoms with van der Waals surface area (Å²) in [5.41, 5.74) is 1.45. The number of piperazine rings is 1. The Morgan fingerprint density at radius 3 is 2.39 bits per heavy atom. The van der Waals surface area contributed by atoms with E-state index >= 15 is 0 Å². The number of rotatable bonds is 6. The lowest BCUT2D eigenvalue weighted by atomic mass is 10.1. The second-order valence-electron chi connectivity index (χ2n) is 6.83. The van der Waals surface area contributed by atoms with Gasteiger partial charge in [0.15, 0.2) is 0 Å². The lowest BCUT2D eigenvalue weighted by molar-refractivity contribution is -0.130. The molecule has 1 fully saturated rings. The van der Waals surface area contributed by atoms with Crippen molar-refractivity contribution in [3.8, 4) is 5.75 Å². The molecule has 1 atom stereocenters. The molecular weight excluding hydrogens is 364 g/mol. The summed E-state index contributed by atoms with van der Waals surface area (Å²) in [4.78, 5) is 16.5. The Balaban J connectivity index is 1.48. The quantitative estimate of drug-likeness (QED) is 0.825. The van der Waals surface area contributed by atoms with Crippen molar-refractivity contribution in [1.29, 1.82) is 0 Å². The number of nitrogens with one attached hydrogen (secondary N) is 1. The third-order valence-corrected chi connectivity index (χ3v) is 5.06. The molecule has 2 aromatic carbocycles. The summed E-state index contributed by atoms with van der Waals surface area (Å²) in [6, 6.07) is 11.0. The fourth-order valence-electron chi connectivity index (χ4n) is 3.32. The largest absolute Gasteiger partial charge is 0.497 e. The van der Waals surface area contributed by atoms with E-state index in [1.54, 1.807) is 18.9 Å². The maximum atomic E-state index is 13.8. The topological polar surface area (TPSA) is 44.8 Å². The van der Waals surface area contributed by atoms with Gasteiger partial charge >= 0.3 is 0 Å². The fraction of sp³-hybridized carbons (Fsp3) is 0.381. The van der Waals surface area contributed by atoms with Crippen molar-refractivity contribution in [2.24, 2.45) is 0 Å². The Labute approximate surface area is 163 Å². The number of ether oxygens (including phenoxy) is 1. The highest BCUT2D eigenvalue weighted by molar-refractivity contribution is 5.78. The van der Waals surface area contributed by atoms with E-state index in [0.717, 1.165) is 30.6 Å². The zero-order chi connectivity index (χ0) is 20.1. The molecule has 1 aliphatic rings. The standard InChI is InChI=1S/C21H25F2N3O2/c1-15(19-8-3-16(22)13-20(19)23)24-14-21(27)26-11-9-25(10-12-26)17-4-6-18(28-2)7-5-17/h3-8,13,15,24H,9-12,14H2,1-2H3/t15-/m0/s1. The number of carbonyl (C=O) groups is 1. The minimum absolute atomic E-state index is 0.0243. The first kappa shape index (κ1) is 20.1. The molecular formula is C21H25F2N3O2. The first-order valence-electron chi connectivity index (χ1n) is 9.33. The molecule has 0 aromatic heterocycles. The van der Waals surface area contributed by atoms with Gasteiger partial charge in [-0.25, -0.2) is 8.78 Å². The van der Waals surface area contributed by atoms with E-state index in [1.165, 1.54) is 12.1 Å². The van der Waals surface area contributed by atoms with Crippen LogP contribution in [0.1, 0.15) is 18.5 Å². The van der Waals surface area contributed by atoms with Crippen LogP contribution < -0.4 is 15.0 Å². The first-order valence-corrected chi connectivity index (χ1v) is 9.33. The smallest absolute Gasteiger partial charge is 0.236 e. The maximum Gasteiger partial charge on any atom is 0.236 e. The Morgan fingerprint density at radius 1 is 1.11 bits per heavy atom. The molecule has 1 saturated heterocycles. The van der Waals surface area contributed by atoms with Gasteiger partial charge in [-0.3, -0.25) is 4.79 Å². The van der Waals surface area contributed by atoms with Crippen LogP contribution >= 0.6 is 0 Å². The van der Waals surface area contributed by atoms with Gasteiger partial charge in [0.05, 0.1) is 13.7 Å². The Kier molecular flexibility index (Phi) is 6.46. The van der Waals surface area contributed by atoms with Crippen LogP contribution in [0.3, 0.4) is 0 Å². The molecule has 5 nitrogen and oxygen atoms in total. The van der Waals surface area contributed by atoms with Gasteiger partial charge in [-0.15, -0.1) is 0 Å². The summed E-state index contributed by atoms with van der Waals surface area (Å²) >= 11 is 0. The van der Waals surface area contributed by atoms with Gasteiger partial charge in [-0.05, 0) is 37.3 Å². The molecule has 7 heteroatoms. The Morgan fingerprint density at radius 2 is 1.79 bits per heavy atom. The molecule has 3 rings (SSSR count). The lowest BCUT2D eigenvalue weighted by Crippen LogP contribution is -2.51. The summed E-state index contributed by atoms with van der Waals surface area (Å²) in [6.07, 6.45) is 0. The van der Waals surface area contributed by atoms with Crippen LogP contribution in [0.15, 0.2) is 42.5 Å². The van der Waals surface area contributed by atoms with E-state index in [0.29, 0.717) is 18.7 Å². The minimum Gasteiger partial charge on any atom is -0.497 e. The van der Waals surface area contributed by atoms with Crippen LogP contribution in [0.2, 0.25) is 0 Å². The van der Waals surface area contributed by atoms with Gasteiger partial charge in [0.2, 0.25) is 5.91 Å².